The van der Waals surface area contributed by atoms with Gasteiger partial charge in [-0.15, -0.1) is 0 Å². The number of nitrogens with one attached hydrogen (secondary N) is 1. The Morgan fingerprint density at radius 1 is 1.04 bits per heavy atom. The van der Waals surface area contributed by atoms with Crippen LogP contribution >= 0.6 is 0 Å². The van der Waals surface area contributed by atoms with Crippen molar-refractivity contribution < 1.29 is 9.53 Å². The number of carbonyl (C=O) groups is 1. The van der Waals surface area contributed by atoms with Crippen LogP contribution in [0.5, 0.6) is 11.5 Å². The SMILES string of the molecule is CCc1cccc(NC(=O)c2cc(Oc3ccc(C)nc3)cc(C)n2)n1. The molecule has 3 heterocycles. The Morgan fingerprint density at radius 2 is 1.88 bits per heavy atom. The molecule has 0 fully saturated rings. The number of ether oxygens (including phenoxy) is 1. The van der Waals surface area contributed by atoms with E-state index in [1.165, 1.54) is 0 Å². The molecule has 0 aliphatic heterocycles. The van der Waals surface area contributed by atoms with E-state index >= 15 is 0 Å². The molecular weight excluding hydrogens is 328 g/mol. The first kappa shape index (κ1) is 17.5. The predicted octanol–water partition coefficient (Wildman–Crippen LogP) is 4.10. The normalized spacial score (nSPS) is 10.4. The highest BCUT2D eigenvalue weighted by Gasteiger charge is 2.12. The van der Waals surface area contributed by atoms with Gasteiger partial charge in [-0.05, 0) is 44.5 Å². The zero-order valence-corrected chi connectivity index (χ0v) is 15.0. The highest BCUT2D eigenvalue weighted by molar-refractivity contribution is 6.02. The van der Waals surface area contributed by atoms with Gasteiger partial charge in [0.2, 0.25) is 0 Å². The summed E-state index contributed by atoms with van der Waals surface area (Å²) >= 11 is 0. The molecule has 0 atom stereocenters. The van der Waals surface area contributed by atoms with Crippen molar-refractivity contribution in [2.75, 3.05) is 5.32 Å². The number of amides is 1. The summed E-state index contributed by atoms with van der Waals surface area (Å²) in [7, 11) is 0. The molecule has 0 aliphatic carbocycles. The highest BCUT2D eigenvalue weighted by atomic mass is 16.5. The fraction of sp³-hybridized carbons (Fsp3) is 0.200. The van der Waals surface area contributed by atoms with Crippen LogP contribution in [0, 0.1) is 13.8 Å². The second kappa shape index (κ2) is 7.74. The summed E-state index contributed by atoms with van der Waals surface area (Å²) in [6, 6.07) is 12.6. The maximum Gasteiger partial charge on any atom is 0.275 e. The lowest BCUT2D eigenvalue weighted by Crippen LogP contribution is -2.15. The lowest BCUT2D eigenvalue weighted by atomic mass is 10.2. The highest BCUT2D eigenvalue weighted by Crippen LogP contribution is 2.22. The first-order valence-electron chi connectivity index (χ1n) is 8.40. The molecule has 6 nitrogen and oxygen atoms in total. The molecule has 3 aromatic rings. The Morgan fingerprint density at radius 3 is 2.62 bits per heavy atom. The van der Waals surface area contributed by atoms with Crippen molar-refractivity contribution in [3.8, 4) is 11.5 Å². The van der Waals surface area contributed by atoms with Crippen LogP contribution in [0.4, 0.5) is 5.82 Å². The second-order valence-electron chi connectivity index (χ2n) is 5.89. The minimum Gasteiger partial charge on any atom is -0.456 e. The van der Waals surface area contributed by atoms with E-state index in [2.05, 4.69) is 20.3 Å². The van der Waals surface area contributed by atoms with Crippen LogP contribution in [0.15, 0.2) is 48.7 Å². The Bertz CT molecular complexity index is 923. The van der Waals surface area contributed by atoms with Gasteiger partial charge < -0.3 is 10.1 Å². The largest absolute Gasteiger partial charge is 0.456 e. The summed E-state index contributed by atoms with van der Waals surface area (Å²) in [5, 5.41) is 2.78. The van der Waals surface area contributed by atoms with Gasteiger partial charge in [-0.1, -0.05) is 13.0 Å². The molecule has 0 saturated carbocycles. The van der Waals surface area contributed by atoms with E-state index in [1.54, 1.807) is 24.4 Å². The van der Waals surface area contributed by atoms with Crippen LogP contribution < -0.4 is 10.1 Å². The van der Waals surface area contributed by atoms with Gasteiger partial charge in [0, 0.05) is 29.2 Å². The number of hydrogen-bond acceptors (Lipinski definition) is 5. The quantitative estimate of drug-likeness (QED) is 0.751. The summed E-state index contributed by atoms with van der Waals surface area (Å²) in [4.78, 5) is 25.4. The Balaban J connectivity index is 1.79. The minimum atomic E-state index is -0.332. The smallest absolute Gasteiger partial charge is 0.275 e. The van der Waals surface area contributed by atoms with Gasteiger partial charge in [0.25, 0.3) is 5.91 Å². The number of hydrogen-bond donors (Lipinski definition) is 1. The number of aromatic nitrogens is 3. The molecule has 3 aromatic heterocycles. The van der Waals surface area contributed by atoms with E-state index in [0.29, 0.717) is 23.0 Å². The molecule has 0 aliphatic rings. The fourth-order valence-electron chi connectivity index (χ4n) is 2.39. The van der Waals surface area contributed by atoms with Gasteiger partial charge in [-0.3, -0.25) is 9.78 Å². The van der Waals surface area contributed by atoms with Gasteiger partial charge in [0.05, 0.1) is 6.20 Å². The number of aryl methyl sites for hydroxylation is 3. The van der Waals surface area contributed by atoms with E-state index in [1.807, 2.05) is 45.0 Å². The standard InChI is InChI=1S/C20H20N4O2/c1-4-15-6-5-7-19(23-15)24-20(25)18-11-17(10-14(3)22-18)26-16-9-8-13(2)21-12-16/h5-12H,4H2,1-3H3,(H,23,24,25). The third kappa shape index (κ3) is 4.42. The third-order valence-electron chi connectivity index (χ3n) is 3.69. The summed E-state index contributed by atoms with van der Waals surface area (Å²) in [6.45, 7) is 5.73. The maximum absolute atomic E-state index is 12.5. The lowest BCUT2D eigenvalue weighted by molar-refractivity contribution is 0.102. The van der Waals surface area contributed by atoms with Crippen LogP contribution in [0.3, 0.4) is 0 Å². The van der Waals surface area contributed by atoms with Crippen LogP contribution in [0.25, 0.3) is 0 Å². The van der Waals surface area contributed by atoms with Crippen LogP contribution in [-0.4, -0.2) is 20.9 Å². The van der Waals surface area contributed by atoms with Crippen molar-refractivity contribution in [1.82, 2.24) is 15.0 Å². The zero-order chi connectivity index (χ0) is 18.5. The van der Waals surface area contributed by atoms with Crippen molar-refractivity contribution in [3.63, 3.8) is 0 Å². The first-order valence-corrected chi connectivity index (χ1v) is 8.40. The van der Waals surface area contributed by atoms with Crippen LogP contribution in [0.1, 0.15) is 34.5 Å². The number of anilines is 1. The van der Waals surface area contributed by atoms with Crippen molar-refractivity contribution in [2.24, 2.45) is 0 Å². The van der Waals surface area contributed by atoms with Gasteiger partial charge in [0.1, 0.15) is 23.0 Å². The van der Waals surface area contributed by atoms with E-state index < -0.39 is 0 Å². The third-order valence-corrected chi connectivity index (χ3v) is 3.69. The topological polar surface area (TPSA) is 77.0 Å². The molecule has 1 N–H and O–H groups in total. The van der Waals surface area contributed by atoms with Crippen LogP contribution in [-0.2, 0) is 6.42 Å². The number of rotatable bonds is 5. The average Bonchev–Trinajstić information content (AvgIpc) is 2.63. The molecule has 1 amide bonds. The molecule has 6 heteroatoms. The molecule has 26 heavy (non-hydrogen) atoms. The maximum atomic E-state index is 12.5. The Hall–Kier alpha value is -3.28. The minimum absolute atomic E-state index is 0.267. The molecular formula is C20H20N4O2. The number of pyridine rings is 3. The average molecular weight is 348 g/mol. The van der Waals surface area contributed by atoms with E-state index in [-0.39, 0.29) is 11.6 Å². The van der Waals surface area contributed by atoms with E-state index in [0.717, 1.165) is 17.8 Å². The molecule has 0 aromatic carbocycles. The van der Waals surface area contributed by atoms with E-state index in [9.17, 15) is 4.79 Å². The van der Waals surface area contributed by atoms with Crippen molar-refractivity contribution in [1.29, 1.82) is 0 Å². The van der Waals surface area contributed by atoms with E-state index in [4.69, 9.17) is 4.74 Å². The first-order chi connectivity index (χ1) is 12.5. The summed E-state index contributed by atoms with van der Waals surface area (Å²) in [5.41, 5.74) is 2.77. The fourth-order valence-corrected chi connectivity index (χ4v) is 2.39. The molecule has 3 rings (SSSR count). The summed E-state index contributed by atoms with van der Waals surface area (Å²) in [6.07, 6.45) is 2.44. The molecule has 0 radical (unpaired) electrons. The van der Waals surface area contributed by atoms with Gasteiger partial charge in [0.15, 0.2) is 0 Å². The van der Waals surface area contributed by atoms with Gasteiger partial charge >= 0.3 is 0 Å². The second-order valence-corrected chi connectivity index (χ2v) is 5.89. The van der Waals surface area contributed by atoms with Gasteiger partial charge in [-0.2, -0.15) is 0 Å². The predicted molar refractivity (Wildman–Crippen MR) is 99.6 cm³/mol. The molecule has 0 unspecified atom stereocenters. The van der Waals surface area contributed by atoms with Crippen LogP contribution in [0.2, 0.25) is 0 Å². The number of nitrogens with zero attached hydrogens (tertiary/aromatic N) is 3. The summed E-state index contributed by atoms with van der Waals surface area (Å²) < 4.78 is 5.79. The lowest BCUT2D eigenvalue weighted by Gasteiger charge is -2.09. The van der Waals surface area contributed by atoms with Crippen molar-refractivity contribution in [3.05, 3.63) is 71.4 Å². The molecule has 0 bridgehead atoms. The van der Waals surface area contributed by atoms with Crippen molar-refractivity contribution in [2.45, 2.75) is 27.2 Å². The molecule has 0 saturated heterocycles. The number of carbonyl (C=O) groups excluding carboxylic acids is 1. The summed E-state index contributed by atoms with van der Waals surface area (Å²) in [5.74, 6) is 1.30. The molecule has 132 valence electrons. The Labute approximate surface area is 152 Å². The monoisotopic (exact) mass is 348 g/mol. The zero-order valence-electron chi connectivity index (χ0n) is 15.0. The van der Waals surface area contributed by atoms with Crippen molar-refractivity contribution >= 4 is 11.7 Å². The Kier molecular flexibility index (Phi) is 5.22. The molecule has 0 spiro atoms. The van der Waals surface area contributed by atoms with Gasteiger partial charge in [-0.25, -0.2) is 9.97 Å².